The first kappa shape index (κ1) is 17.8. The molecule has 1 heterocycles. The molecule has 0 fully saturated rings. The van der Waals surface area contributed by atoms with Gasteiger partial charge in [-0.25, -0.2) is 0 Å². The molecule has 2 aromatic carbocycles. The van der Waals surface area contributed by atoms with E-state index in [9.17, 15) is 9.59 Å². The molecule has 3 rings (SSSR count). The average molecular weight is 354 g/mol. The highest BCUT2D eigenvalue weighted by molar-refractivity contribution is 6.02. The van der Waals surface area contributed by atoms with Gasteiger partial charge in [0.15, 0.2) is 0 Å². The zero-order chi connectivity index (χ0) is 18.7. The van der Waals surface area contributed by atoms with Crippen LogP contribution in [0.5, 0.6) is 11.5 Å². The summed E-state index contributed by atoms with van der Waals surface area (Å²) in [7, 11) is 3.17. The molecule has 1 atom stereocenters. The topological polar surface area (TPSA) is 67.9 Å². The van der Waals surface area contributed by atoms with Gasteiger partial charge in [0, 0.05) is 31.1 Å². The molecular weight excluding hydrogens is 332 g/mol. The van der Waals surface area contributed by atoms with E-state index in [1.54, 1.807) is 31.3 Å². The molecule has 0 saturated carbocycles. The van der Waals surface area contributed by atoms with E-state index >= 15 is 0 Å². The summed E-state index contributed by atoms with van der Waals surface area (Å²) < 4.78 is 10.6. The average Bonchev–Trinajstić information content (AvgIpc) is 3.05. The molecule has 6 nitrogen and oxygen atoms in total. The first-order valence-corrected chi connectivity index (χ1v) is 8.41. The minimum atomic E-state index is -0.540. The Morgan fingerprint density at radius 1 is 1.15 bits per heavy atom. The van der Waals surface area contributed by atoms with Crippen LogP contribution in [0.15, 0.2) is 42.5 Å². The van der Waals surface area contributed by atoms with Crippen molar-refractivity contribution in [3.63, 3.8) is 0 Å². The Labute approximate surface area is 152 Å². The third-order valence-electron chi connectivity index (χ3n) is 4.56. The number of nitrogens with one attached hydrogen (secondary N) is 1. The molecule has 0 bridgehead atoms. The molecule has 0 aliphatic carbocycles. The molecule has 26 heavy (non-hydrogen) atoms. The Hall–Kier alpha value is -3.02. The van der Waals surface area contributed by atoms with Crippen LogP contribution in [0.3, 0.4) is 0 Å². The third-order valence-corrected chi connectivity index (χ3v) is 4.56. The summed E-state index contributed by atoms with van der Waals surface area (Å²) >= 11 is 0. The van der Waals surface area contributed by atoms with E-state index in [0.29, 0.717) is 17.9 Å². The molecule has 0 unspecified atom stereocenters. The number of benzene rings is 2. The van der Waals surface area contributed by atoms with E-state index in [4.69, 9.17) is 9.47 Å². The normalized spacial score (nSPS) is 15.3. The predicted molar refractivity (Wildman–Crippen MR) is 98.5 cm³/mol. The highest BCUT2D eigenvalue weighted by atomic mass is 16.5. The number of carbonyl (C=O) groups excluding carboxylic acids is 2. The van der Waals surface area contributed by atoms with E-state index in [1.165, 1.54) is 6.92 Å². The van der Waals surface area contributed by atoms with E-state index < -0.39 is 6.04 Å². The lowest BCUT2D eigenvalue weighted by molar-refractivity contribution is -0.125. The van der Waals surface area contributed by atoms with Crippen molar-refractivity contribution < 1.29 is 19.1 Å². The van der Waals surface area contributed by atoms with Crippen LogP contribution >= 0.6 is 0 Å². The molecule has 0 spiro atoms. The van der Waals surface area contributed by atoms with Crippen LogP contribution < -0.4 is 19.7 Å². The first-order valence-electron chi connectivity index (χ1n) is 8.41. The molecular formula is C20H22N2O4. The Morgan fingerprint density at radius 3 is 2.62 bits per heavy atom. The number of hydrogen-bond acceptors (Lipinski definition) is 4. The van der Waals surface area contributed by atoms with E-state index in [1.807, 2.05) is 30.3 Å². The van der Waals surface area contributed by atoms with Crippen LogP contribution in [-0.4, -0.2) is 32.1 Å². The van der Waals surface area contributed by atoms with Crippen molar-refractivity contribution in [2.45, 2.75) is 25.9 Å². The molecule has 1 N–H and O–H groups in total. The standard InChI is InChI=1S/C20H22N2O4/c1-13(23)22-17-7-5-4-6-14(17)11-18(22)20(24)21-12-15-10-16(25-2)8-9-19(15)26-3/h4-10,18H,11-12H2,1-3H3,(H,21,24)/t18-/m1/s1. The Kier molecular flexibility index (Phi) is 5.11. The van der Waals surface area contributed by atoms with E-state index in [0.717, 1.165) is 16.8 Å². The second-order valence-corrected chi connectivity index (χ2v) is 6.13. The van der Waals surface area contributed by atoms with Gasteiger partial charge in [-0.3, -0.25) is 14.5 Å². The molecule has 2 aromatic rings. The SMILES string of the molecule is COc1ccc(OC)c(CNC(=O)[C@H]2Cc3ccccc3N2C(C)=O)c1. The molecule has 136 valence electrons. The van der Waals surface area contributed by atoms with Crippen molar-refractivity contribution in [3.05, 3.63) is 53.6 Å². The van der Waals surface area contributed by atoms with Crippen LogP contribution in [0.1, 0.15) is 18.1 Å². The molecule has 0 aromatic heterocycles. The Bertz CT molecular complexity index is 834. The van der Waals surface area contributed by atoms with Gasteiger partial charge in [0.1, 0.15) is 17.5 Å². The number of nitrogens with zero attached hydrogens (tertiary/aromatic N) is 1. The molecule has 2 amide bonds. The number of methoxy groups -OCH3 is 2. The highest BCUT2D eigenvalue weighted by Gasteiger charge is 2.36. The molecule has 6 heteroatoms. The van der Waals surface area contributed by atoms with Crippen molar-refractivity contribution in [3.8, 4) is 11.5 Å². The van der Waals surface area contributed by atoms with Gasteiger partial charge in [-0.05, 0) is 29.8 Å². The largest absolute Gasteiger partial charge is 0.497 e. The Morgan fingerprint density at radius 2 is 1.92 bits per heavy atom. The zero-order valence-corrected chi connectivity index (χ0v) is 15.1. The van der Waals surface area contributed by atoms with Crippen LogP contribution in [0, 0.1) is 0 Å². The number of carbonyl (C=O) groups is 2. The minimum absolute atomic E-state index is 0.144. The minimum Gasteiger partial charge on any atom is -0.497 e. The Balaban J connectivity index is 1.76. The first-order chi connectivity index (χ1) is 12.5. The molecule has 1 aliphatic rings. The van der Waals surface area contributed by atoms with Crippen molar-refractivity contribution in [2.24, 2.45) is 0 Å². The van der Waals surface area contributed by atoms with Gasteiger partial charge in [-0.2, -0.15) is 0 Å². The van der Waals surface area contributed by atoms with Gasteiger partial charge >= 0.3 is 0 Å². The van der Waals surface area contributed by atoms with E-state index in [-0.39, 0.29) is 18.4 Å². The highest BCUT2D eigenvalue weighted by Crippen LogP contribution is 2.32. The number of fused-ring (bicyclic) bond motifs is 1. The smallest absolute Gasteiger partial charge is 0.243 e. The van der Waals surface area contributed by atoms with Gasteiger partial charge in [-0.15, -0.1) is 0 Å². The monoisotopic (exact) mass is 354 g/mol. The van der Waals surface area contributed by atoms with Crippen molar-refractivity contribution in [1.29, 1.82) is 0 Å². The summed E-state index contributed by atoms with van der Waals surface area (Å²) in [6.07, 6.45) is 0.511. The summed E-state index contributed by atoms with van der Waals surface area (Å²) in [5, 5.41) is 2.92. The fourth-order valence-corrected chi connectivity index (χ4v) is 3.31. The summed E-state index contributed by atoms with van der Waals surface area (Å²) in [5.74, 6) is 1.02. The number of anilines is 1. The van der Waals surface area contributed by atoms with Crippen LogP contribution in [-0.2, 0) is 22.6 Å². The molecule has 1 aliphatic heterocycles. The van der Waals surface area contributed by atoms with Crippen LogP contribution in [0.2, 0.25) is 0 Å². The second kappa shape index (κ2) is 7.47. The van der Waals surface area contributed by atoms with Crippen molar-refractivity contribution in [1.82, 2.24) is 5.32 Å². The lowest BCUT2D eigenvalue weighted by atomic mass is 10.1. The number of para-hydroxylation sites is 1. The summed E-state index contributed by atoms with van der Waals surface area (Å²) in [6, 6.07) is 12.5. The predicted octanol–water partition coefficient (Wildman–Crippen LogP) is 2.30. The van der Waals surface area contributed by atoms with Gasteiger partial charge < -0.3 is 14.8 Å². The van der Waals surface area contributed by atoms with E-state index in [2.05, 4.69) is 5.32 Å². The third kappa shape index (κ3) is 3.35. The zero-order valence-electron chi connectivity index (χ0n) is 15.1. The fraction of sp³-hybridized carbons (Fsp3) is 0.300. The summed E-state index contributed by atoms with van der Waals surface area (Å²) in [5.41, 5.74) is 2.62. The van der Waals surface area contributed by atoms with Crippen LogP contribution in [0.4, 0.5) is 5.69 Å². The molecule has 0 radical (unpaired) electrons. The maximum absolute atomic E-state index is 12.8. The van der Waals surface area contributed by atoms with Gasteiger partial charge in [0.05, 0.1) is 14.2 Å². The second-order valence-electron chi connectivity index (χ2n) is 6.13. The maximum Gasteiger partial charge on any atom is 0.243 e. The van der Waals surface area contributed by atoms with Crippen molar-refractivity contribution in [2.75, 3.05) is 19.1 Å². The number of ether oxygens (including phenoxy) is 2. The van der Waals surface area contributed by atoms with Gasteiger partial charge in [0.2, 0.25) is 11.8 Å². The molecule has 0 saturated heterocycles. The number of rotatable bonds is 5. The quantitative estimate of drug-likeness (QED) is 0.895. The lowest BCUT2D eigenvalue weighted by Crippen LogP contribution is -2.47. The van der Waals surface area contributed by atoms with Gasteiger partial charge in [-0.1, -0.05) is 18.2 Å². The lowest BCUT2D eigenvalue weighted by Gasteiger charge is -2.23. The summed E-state index contributed by atoms with van der Waals surface area (Å²) in [6.45, 7) is 1.77. The summed E-state index contributed by atoms with van der Waals surface area (Å²) in [4.78, 5) is 26.4. The fourth-order valence-electron chi connectivity index (χ4n) is 3.31. The van der Waals surface area contributed by atoms with Gasteiger partial charge in [0.25, 0.3) is 0 Å². The maximum atomic E-state index is 12.8. The number of amides is 2. The number of hydrogen-bond donors (Lipinski definition) is 1. The van der Waals surface area contributed by atoms with Crippen molar-refractivity contribution >= 4 is 17.5 Å². The van der Waals surface area contributed by atoms with Crippen LogP contribution in [0.25, 0.3) is 0 Å².